The lowest BCUT2D eigenvalue weighted by atomic mass is 10.2. The van der Waals surface area contributed by atoms with Crippen LogP contribution in [0.4, 0.5) is 10.1 Å². The van der Waals surface area contributed by atoms with Crippen LogP contribution in [0.25, 0.3) is 0 Å². The van der Waals surface area contributed by atoms with E-state index >= 15 is 0 Å². The molecule has 1 N–H and O–H groups in total. The van der Waals surface area contributed by atoms with Crippen LogP contribution in [0.2, 0.25) is 0 Å². The summed E-state index contributed by atoms with van der Waals surface area (Å²) < 4.78 is 22.9. The third-order valence-corrected chi connectivity index (χ3v) is 2.32. The summed E-state index contributed by atoms with van der Waals surface area (Å²) in [7, 11) is 2.80. The molecule has 7 nitrogen and oxygen atoms in total. The molecule has 0 atom stereocenters. The summed E-state index contributed by atoms with van der Waals surface area (Å²) in [6.07, 6.45) is 3.58. The van der Waals surface area contributed by atoms with E-state index in [2.05, 4.69) is 20.3 Å². The van der Waals surface area contributed by atoms with Gasteiger partial charge in [0.15, 0.2) is 0 Å². The number of nitrogens with one attached hydrogen (secondary N) is 1. The van der Waals surface area contributed by atoms with Crippen molar-refractivity contribution in [2.45, 2.75) is 0 Å². The highest BCUT2D eigenvalue weighted by atomic mass is 19.1. The summed E-state index contributed by atoms with van der Waals surface area (Å²) in [6, 6.07) is 1.17. The Hall–Kier alpha value is -2.77. The quantitative estimate of drug-likeness (QED) is 0.906. The van der Waals surface area contributed by atoms with Gasteiger partial charge in [-0.2, -0.15) is 4.98 Å². The predicted molar refractivity (Wildman–Crippen MR) is 67.3 cm³/mol. The van der Waals surface area contributed by atoms with Gasteiger partial charge in [0.05, 0.1) is 32.2 Å². The molecule has 0 aliphatic heterocycles. The molecule has 0 unspecified atom stereocenters. The predicted octanol–water partition coefficient (Wildman–Crippen LogP) is 1.28. The van der Waals surface area contributed by atoms with Gasteiger partial charge in [-0.05, 0) is 6.07 Å². The van der Waals surface area contributed by atoms with Gasteiger partial charge in [-0.1, -0.05) is 0 Å². The van der Waals surface area contributed by atoms with Gasteiger partial charge in [-0.3, -0.25) is 9.78 Å². The fraction of sp³-hybridized carbons (Fsp3) is 0.167. The minimum atomic E-state index is -0.601. The average Bonchev–Trinajstić information content (AvgIpc) is 2.47. The van der Waals surface area contributed by atoms with Gasteiger partial charge >= 0.3 is 6.01 Å². The van der Waals surface area contributed by atoms with E-state index in [1.54, 1.807) is 0 Å². The van der Waals surface area contributed by atoms with Gasteiger partial charge in [0.1, 0.15) is 11.5 Å². The van der Waals surface area contributed by atoms with Gasteiger partial charge in [0.2, 0.25) is 5.88 Å². The van der Waals surface area contributed by atoms with Gasteiger partial charge in [0.25, 0.3) is 5.91 Å². The third kappa shape index (κ3) is 2.97. The van der Waals surface area contributed by atoms with Gasteiger partial charge in [0, 0.05) is 6.20 Å². The zero-order chi connectivity index (χ0) is 14.5. The number of halogens is 1. The number of carbonyl (C=O) groups excluding carboxylic acids is 1. The maximum atomic E-state index is 13.0. The van der Waals surface area contributed by atoms with E-state index in [1.807, 2.05) is 0 Å². The van der Waals surface area contributed by atoms with Crippen molar-refractivity contribution in [3.05, 3.63) is 36.0 Å². The standard InChI is InChI=1S/C12H11FN4O3/c1-19-11-9(6-15-12(17-11)20-2)16-10(18)7-3-8(13)5-14-4-7/h3-6H,1-2H3,(H,16,18). The monoisotopic (exact) mass is 278 g/mol. The topological polar surface area (TPSA) is 86.2 Å². The fourth-order valence-electron chi connectivity index (χ4n) is 1.42. The first-order valence-corrected chi connectivity index (χ1v) is 5.51. The summed E-state index contributed by atoms with van der Waals surface area (Å²) in [5.74, 6) is -1.02. The molecule has 0 aliphatic rings. The molecule has 8 heteroatoms. The Morgan fingerprint density at radius 1 is 1.25 bits per heavy atom. The molecule has 0 fully saturated rings. The molecule has 20 heavy (non-hydrogen) atoms. The van der Waals surface area contributed by atoms with E-state index in [9.17, 15) is 9.18 Å². The Bertz CT molecular complexity index is 636. The van der Waals surface area contributed by atoms with Crippen molar-refractivity contribution in [2.75, 3.05) is 19.5 Å². The highest BCUT2D eigenvalue weighted by Crippen LogP contribution is 2.23. The number of rotatable bonds is 4. The molecule has 2 aromatic rings. The molecule has 0 saturated heterocycles. The molecule has 1 amide bonds. The molecule has 0 saturated carbocycles. The van der Waals surface area contributed by atoms with E-state index in [4.69, 9.17) is 9.47 Å². The van der Waals surface area contributed by atoms with Gasteiger partial charge in [-0.25, -0.2) is 9.37 Å². The highest BCUT2D eigenvalue weighted by Gasteiger charge is 2.13. The van der Waals surface area contributed by atoms with Crippen LogP contribution in [0.5, 0.6) is 11.9 Å². The van der Waals surface area contributed by atoms with Crippen molar-refractivity contribution in [1.82, 2.24) is 15.0 Å². The SMILES string of the molecule is COc1ncc(NC(=O)c2cncc(F)c2)c(OC)n1. The molecule has 104 valence electrons. The molecule has 0 aliphatic carbocycles. The Balaban J connectivity index is 2.23. The van der Waals surface area contributed by atoms with Crippen LogP contribution in [-0.2, 0) is 0 Å². The Labute approximate surface area is 113 Å². The Morgan fingerprint density at radius 2 is 2.05 bits per heavy atom. The maximum absolute atomic E-state index is 13.0. The molecule has 2 rings (SSSR count). The summed E-state index contributed by atoms with van der Waals surface area (Å²) in [4.78, 5) is 23.3. The molecule has 0 bridgehead atoms. The number of methoxy groups -OCH3 is 2. The molecule has 0 spiro atoms. The van der Waals surface area contributed by atoms with Crippen molar-refractivity contribution in [1.29, 1.82) is 0 Å². The van der Waals surface area contributed by atoms with Crippen molar-refractivity contribution < 1.29 is 18.7 Å². The molecular weight excluding hydrogens is 267 g/mol. The second kappa shape index (κ2) is 5.91. The van der Waals surface area contributed by atoms with Crippen molar-refractivity contribution in [2.24, 2.45) is 0 Å². The lowest BCUT2D eigenvalue weighted by Crippen LogP contribution is -2.14. The normalized spacial score (nSPS) is 9.95. The van der Waals surface area contributed by atoms with E-state index < -0.39 is 11.7 Å². The zero-order valence-electron chi connectivity index (χ0n) is 10.8. The largest absolute Gasteiger partial charge is 0.479 e. The number of nitrogens with zero attached hydrogens (tertiary/aromatic N) is 3. The number of carbonyl (C=O) groups is 1. The van der Waals surface area contributed by atoms with Crippen LogP contribution in [0.1, 0.15) is 10.4 Å². The first kappa shape index (κ1) is 13.7. The second-order valence-electron chi connectivity index (χ2n) is 3.63. The fourth-order valence-corrected chi connectivity index (χ4v) is 1.42. The summed E-state index contributed by atoms with van der Waals surface area (Å²) >= 11 is 0. The molecule has 2 heterocycles. The van der Waals surface area contributed by atoms with Crippen LogP contribution < -0.4 is 14.8 Å². The molecule has 0 aromatic carbocycles. The Kier molecular flexibility index (Phi) is 4.04. The minimum absolute atomic E-state index is 0.0721. The van der Waals surface area contributed by atoms with Crippen LogP contribution in [0, 0.1) is 5.82 Å². The van der Waals surface area contributed by atoms with E-state index in [0.717, 1.165) is 12.3 Å². The lowest BCUT2D eigenvalue weighted by Gasteiger charge is -2.09. The Morgan fingerprint density at radius 3 is 2.70 bits per heavy atom. The number of pyridine rings is 1. The number of hydrogen-bond donors (Lipinski definition) is 1. The lowest BCUT2D eigenvalue weighted by molar-refractivity contribution is 0.102. The first-order valence-electron chi connectivity index (χ1n) is 5.51. The summed E-state index contributed by atoms with van der Waals surface area (Å²) in [5, 5.41) is 2.51. The minimum Gasteiger partial charge on any atom is -0.479 e. The van der Waals surface area contributed by atoms with Crippen molar-refractivity contribution in [3.63, 3.8) is 0 Å². The molecule has 2 aromatic heterocycles. The van der Waals surface area contributed by atoms with E-state index in [1.165, 1.54) is 26.6 Å². The van der Waals surface area contributed by atoms with Crippen LogP contribution >= 0.6 is 0 Å². The number of hydrogen-bond acceptors (Lipinski definition) is 6. The van der Waals surface area contributed by atoms with Crippen molar-refractivity contribution in [3.8, 4) is 11.9 Å². The molecular formula is C12H11FN4O3. The van der Waals surface area contributed by atoms with Crippen molar-refractivity contribution >= 4 is 11.6 Å². The highest BCUT2D eigenvalue weighted by molar-refractivity contribution is 6.04. The number of ether oxygens (including phenoxy) is 2. The van der Waals surface area contributed by atoms with Crippen LogP contribution in [-0.4, -0.2) is 35.1 Å². The van der Waals surface area contributed by atoms with Gasteiger partial charge in [-0.15, -0.1) is 0 Å². The first-order chi connectivity index (χ1) is 9.63. The van der Waals surface area contributed by atoms with Crippen LogP contribution in [0.3, 0.4) is 0 Å². The summed E-state index contributed by atoms with van der Waals surface area (Å²) in [5.41, 5.74) is 0.311. The second-order valence-corrected chi connectivity index (χ2v) is 3.63. The average molecular weight is 278 g/mol. The van der Waals surface area contributed by atoms with E-state index in [-0.39, 0.29) is 23.1 Å². The molecule has 0 radical (unpaired) electrons. The van der Waals surface area contributed by atoms with Gasteiger partial charge < -0.3 is 14.8 Å². The number of anilines is 1. The zero-order valence-corrected chi connectivity index (χ0v) is 10.8. The summed E-state index contributed by atoms with van der Waals surface area (Å²) in [6.45, 7) is 0. The van der Waals surface area contributed by atoms with Crippen LogP contribution in [0.15, 0.2) is 24.7 Å². The number of amides is 1. The smallest absolute Gasteiger partial charge is 0.319 e. The number of aromatic nitrogens is 3. The maximum Gasteiger partial charge on any atom is 0.319 e. The third-order valence-electron chi connectivity index (χ3n) is 2.32. The van der Waals surface area contributed by atoms with E-state index in [0.29, 0.717) is 0 Å².